The van der Waals surface area contributed by atoms with Gasteiger partial charge in [0.05, 0.1) is 11.4 Å². The second-order valence-corrected chi connectivity index (χ2v) is 5.23. The maximum absolute atomic E-state index is 11.5. The zero-order chi connectivity index (χ0) is 12.3. The molecule has 0 aromatic heterocycles. The molecule has 0 aliphatic carbocycles. The molecule has 0 radical (unpaired) electrons. The second kappa shape index (κ2) is 5.55. The van der Waals surface area contributed by atoms with E-state index in [-0.39, 0.29) is 5.91 Å². The van der Waals surface area contributed by atoms with Gasteiger partial charge >= 0.3 is 0 Å². The van der Waals surface area contributed by atoms with E-state index in [1.54, 1.807) is 6.92 Å². The van der Waals surface area contributed by atoms with E-state index in [0.717, 1.165) is 15.8 Å². The van der Waals surface area contributed by atoms with Gasteiger partial charge in [0.15, 0.2) is 0 Å². The first kappa shape index (κ1) is 13.3. The van der Waals surface area contributed by atoms with E-state index in [2.05, 4.69) is 21.2 Å². The largest absolute Gasteiger partial charge is 0.376 e. The van der Waals surface area contributed by atoms with Gasteiger partial charge in [0.25, 0.3) is 0 Å². The van der Waals surface area contributed by atoms with Crippen molar-refractivity contribution >= 4 is 44.8 Å². The van der Waals surface area contributed by atoms with Crippen molar-refractivity contribution in [1.29, 1.82) is 0 Å². The average Bonchev–Trinajstić information content (AvgIpc) is 2.16. The fraction of sp³-hybridized carbons (Fsp3) is 0.364. The van der Waals surface area contributed by atoms with Gasteiger partial charge in [-0.1, -0.05) is 15.9 Å². The highest BCUT2D eigenvalue weighted by Crippen LogP contribution is 2.28. The minimum absolute atomic E-state index is 0.206. The highest BCUT2D eigenvalue weighted by molar-refractivity contribution is 9.10. The van der Waals surface area contributed by atoms with Crippen LogP contribution < -0.4 is 10.2 Å². The second-order valence-electron chi connectivity index (χ2n) is 3.66. The smallest absolute Gasteiger partial charge is 0.242 e. The van der Waals surface area contributed by atoms with Gasteiger partial charge in [0.2, 0.25) is 5.91 Å². The Morgan fingerprint density at radius 3 is 2.62 bits per heavy atom. The third-order valence-corrected chi connectivity index (χ3v) is 2.75. The molecule has 0 fully saturated rings. The van der Waals surface area contributed by atoms with Gasteiger partial charge in [-0.2, -0.15) is 0 Å². The molecule has 16 heavy (non-hydrogen) atoms. The summed E-state index contributed by atoms with van der Waals surface area (Å²) in [6.07, 6.45) is 0. The molecule has 1 aromatic rings. The Balaban J connectivity index is 3.01. The fourth-order valence-corrected chi connectivity index (χ4v) is 1.65. The quantitative estimate of drug-likeness (QED) is 0.870. The molecule has 0 heterocycles. The fourth-order valence-electron chi connectivity index (χ4n) is 1.23. The van der Waals surface area contributed by atoms with Crippen LogP contribution in [0.3, 0.4) is 0 Å². The summed E-state index contributed by atoms with van der Waals surface area (Å²) in [5, 5.41) is 2.24. The molecule has 1 amide bonds. The van der Waals surface area contributed by atoms with Crippen molar-refractivity contribution in [2.75, 3.05) is 24.3 Å². The van der Waals surface area contributed by atoms with Crippen molar-refractivity contribution in [3.63, 3.8) is 0 Å². The number of rotatable bonds is 3. The van der Waals surface area contributed by atoms with Crippen LogP contribution in [0.1, 0.15) is 6.92 Å². The highest BCUT2D eigenvalue weighted by Gasteiger charge is 2.12. The summed E-state index contributed by atoms with van der Waals surface area (Å²) in [4.78, 5) is 13.5. The molecule has 0 spiro atoms. The number of nitrogens with zero attached hydrogens (tertiary/aromatic N) is 1. The number of hydrogen-bond donors (Lipinski definition) is 1. The lowest BCUT2D eigenvalue weighted by atomic mass is 10.2. The minimum Gasteiger partial charge on any atom is -0.376 e. The van der Waals surface area contributed by atoms with Crippen LogP contribution in [0.2, 0.25) is 0 Å². The molecule has 1 N–H and O–H groups in total. The number of hydrogen-bond acceptors (Lipinski definition) is 2. The van der Waals surface area contributed by atoms with Gasteiger partial charge in [-0.25, -0.2) is 0 Å². The minimum atomic E-state index is -0.547. The van der Waals surface area contributed by atoms with E-state index in [1.165, 1.54) is 0 Å². The maximum atomic E-state index is 11.5. The number of benzene rings is 1. The summed E-state index contributed by atoms with van der Waals surface area (Å²) < 4.78 is 0.913. The van der Waals surface area contributed by atoms with Crippen molar-refractivity contribution in [1.82, 2.24) is 0 Å². The first-order valence-corrected chi connectivity index (χ1v) is 6.06. The van der Waals surface area contributed by atoms with E-state index in [0.29, 0.717) is 0 Å². The standard InChI is InChI=1S/C11H14BrClN2O/c1-7(13)11(16)14-9-6-8(12)4-5-10(9)15(2)3/h4-7H,1-3H3,(H,14,16). The number of carbonyl (C=O) groups excluding carboxylic acids is 1. The normalized spacial score (nSPS) is 12.1. The Bertz CT molecular complexity index is 394. The van der Waals surface area contributed by atoms with Crippen LogP contribution in [-0.2, 0) is 4.79 Å². The molecule has 1 atom stereocenters. The molecule has 0 saturated heterocycles. The molecular formula is C11H14BrClN2O. The Kier molecular flexibility index (Phi) is 4.62. The van der Waals surface area contributed by atoms with Crippen molar-refractivity contribution in [3.05, 3.63) is 22.7 Å². The van der Waals surface area contributed by atoms with Crippen LogP contribution in [0.25, 0.3) is 0 Å². The summed E-state index contributed by atoms with van der Waals surface area (Å²) in [6.45, 7) is 1.64. The number of halogens is 2. The summed E-state index contributed by atoms with van der Waals surface area (Å²) >= 11 is 9.08. The molecule has 0 bridgehead atoms. The Morgan fingerprint density at radius 1 is 1.50 bits per heavy atom. The third kappa shape index (κ3) is 3.39. The Morgan fingerprint density at radius 2 is 2.12 bits per heavy atom. The molecule has 3 nitrogen and oxygen atoms in total. The summed E-state index contributed by atoms with van der Waals surface area (Å²) in [7, 11) is 3.84. The predicted molar refractivity (Wildman–Crippen MR) is 72.4 cm³/mol. The van der Waals surface area contributed by atoms with Crippen LogP contribution in [0.4, 0.5) is 11.4 Å². The van der Waals surface area contributed by atoms with Crippen LogP contribution in [0, 0.1) is 0 Å². The summed E-state index contributed by atoms with van der Waals surface area (Å²) in [5.41, 5.74) is 1.69. The number of alkyl halides is 1. The van der Waals surface area contributed by atoms with E-state index < -0.39 is 5.38 Å². The predicted octanol–water partition coefficient (Wildman–Crippen LogP) is 3.08. The first-order valence-electron chi connectivity index (χ1n) is 4.83. The van der Waals surface area contributed by atoms with Gasteiger partial charge in [-0.15, -0.1) is 11.6 Å². The summed E-state index contributed by atoms with van der Waals surface area (Å²) in [5.74, 6) is -0.206. The van der Waals surface area contributed by atoms with Gasteiger partial charge < -0.3 is 10.2 Å². The molecule has 0 aliphatic heterocycles. The van der Waals surface area contributed by atoms with E-state index in [4.69, 9.17) is 11.6 Å². The zero-order valence-corrected chi connectivity index (χ0v) is 11.8. The lowest BCUT2D eigenvalue weighted by Crippen LogP contribution is -2.22. The van der Waals surface area contributed by atoms with Crippen LogP contribution >= 0.6 is 27.5 Å². The van der Waals surface area contributed by atoms with E-state index >= 15 is 0 Å². The van der Waals surface area contributed by atoms with Crippen molar-refractivity contribution in [2.45, 2.75) is 12.3 Å². The summed E-state index contributed by atoms with van der Waals surface area (Å²) in [6, 6.07) is 5.71. The molecule has 1 unspecified atom stereocenters. The topological polar surface area (TPSA) is 32.3 Å². The third-order valence-electron chi connectivity index (χ3n) is 2.06. The highest BCUT2D eigenvalue weighted by atomic mass is 79.9. The van der Waals surface area contributed by atoms with Gasteiger partial charge in [-0.3, -0.25) is 4.79 Å². The molecule has 5 heteroatoms. The molecular weight excluding hydrogens is 291 g/mol. The first-order chi connectivity index (χ1) is 7.41. The monoisotopic (exact) mass is 304 g/mol. The Labute approximate surface area is 109 Å². The molecule has 88 valence electrons. The molecule has 0 aliphatic rings. The molecule has 1 aromatic carbocycles. The van der Waals surface area contributed by atoms with Crippen LogP contribution in [0.5, 0.6) is 0 Å². The Hall–Kier alpha value is -0.740. The van der Waals surface area contributed by atoms with Crippen molar-refractivity contribution in [3.8, 4) is 0 Å². The average molecular weight is 306 g/mol. The number of amides is 1. The maximum Gasteiger partial charge on any atom is 0.242 e. The number of carbonyl (C=O) groups is 1. The van der Waals surface area contributed by atoms with Crippen LogP contribution in [0.15, 0.2) is 22.7 Å². The van der Waals surface area contributed by atoms with Crippen molar-refractivity contribution in [2.24, 2.45) is 0 Å². The SMILES string of the molecule is CC(Cl)C(=O)Nc1cc(Br)ccc1N(C)C. The zero-order valence-electron chi connectivity index (χ0n) is 9.42. The van der Waals surface area contributed by atoms with Crippen molar-refractivity contribution < 1.29 is 4.79 Å². The molecule has 1 rings (SSSR count). The van der Waals surface area contributed by atoms with E-state index in [1.807, 2.05) is 37.2 Å². The van der Waals surface area contributed by atoms with E-state index in [9.17, 15) is 4.79 Å². The lowest BCUT2D eigenvalue weighted by Gasteiger charge is -2.18. The lowest BCUT2D eigenvalue weighted by molar-refractivity contribution is -0.115. The van der Waals surface area contributed by atoms with Gasteiger partial charge in [0, 0.05) is 18.6 Å². The van der Waals surface area contributed by atoms with Gasteiger partial charge in [-0.05, 0) is 25.1 Å². The van der Waals surface area contributed by atoms with Crippen LogP contribution in [-0.4, -0.2) is 25.4 Å². The number of nitrogens with one attached hydrogen (secondary N) is 1. The number of anilines is 2. The molecule has 0 saturated carbocycles. The van der Waals surface area contributed by atoms with Gasteiger partial charge in [0.1, 0.15) is 5.38 Å².